The molecule has 0 atom stereocenters. The molecule has 1 aromatic carbocycles. The minimum atomic E-state index is -0.241. The van der Waals surface area contributed by atoms with Crippen LogP contribution in [0.5, 0.6) is 5.75 Å². The maximum Gasteiger partial charge on any atom is 0.409 e. The molecule has 0 aromatic heterocycles. The van der Waals surface area contributed by atoms with E-state index < -0.39 is 0 Å². The Labute approximate surface area is 242 Å². The van der Waals surface area contributed by atoms with Crippen molar-refractivity contribution >= 4 is 35.0 Å². The number of rotatable bonds is 9. The molecule has 2 amide bonds. The monoisotopic (exact) mass is 556 g/mol. The molecule has 1 aromatic rings. The van der Waals surface area contributed by atoms with E-state index in [1.54, 1.807) is 4.90 Å². The van der Waals surface area contributed by atoms with Gasteiger partial charge in [0.25, 0.3) is 5.91 Å². The van der Waals surface area contributed by atoms with E-state index in [0.29, 0.717) is 31.9 Å². The summed E-state index contributed by atoms with van der Waals surface area (Å²) in [6, 6.07) is 16.5. The van der Waals surface area contributed by atoms with Crippen molar-refractivity contribution in [3.05, 3.63) is 65.2 Å². The highest BCUT2D eigenvalue weighted by Crippen LogP contribution is 2.42. The highest BCUT2D eigenvalue weighted by molar-refractivity contribution is 6.35. The zero-order valence-electron chi connectivity index (χ0n) is 24.5. The Morgan fingerprint density at radius 2 is 1.90 bits per heavy atom. The third-order valence-electron chi connectivity index (χ3n) is 7.72. The zero-order chi connectivity index (χ0) is 28.9. The number of hydrogen-bond acceptors (Lipinski definition) is 6. The summed E-state index contributed by atoms with van der Waals surface area (Å²) >= 11 is 0. The molecule has 41 heavy (non-hydrogen) atoms. The lowest BCUT2D eigenvalue weighted by Gasteiger charge is -2.32. The van der Waals surface area contributed by atoms with Gasteiger partial charge in [-0.1, -0.05) is 24.3 Å². The van der Waals surface area contributed by atoms with Crippen LogP contribution in [-0.4, -0.2) is 74.8 Å². The van der Waals surface area contributed by atoms with Crippen LogP contribution < -0.4 is 15.4 Å². The third kappa shape index (κ3) is 6.49. The number of ether oxygens (including phenoxy) is 2. The van der Waals surface area contributed by atoms with Gasteiger partial charge in [0.1, 0.15) is 5.75 Å². The van der Waals surface area contributed by atoms with E-state index in [2.05, 4.69) is 48.7 Å². The molecule has 8 nitrogen and oxygen atoms in total. The molecular formula is C33H40N4O4. The summed E-state index contributed by atoms with van der Waals surface area (Å²) in [6.07, 6.45) is 4.38. The van der Waals surface area contributed by atoms with Gasteiger partial charge in [0.05, 0.1) is 13.2 Å². The molecule has 2 aliphatic heterocycles. The number of hydrogen-bond donors (Lipinski definition) is 2. The quantitative estimate of drug-likeness (QED) is 0.250. The molecule has 8 heteroatoms. The van der Waals surface area contributed by atoms with Crippen molar-refractivity contribution in [3.8, 4) is 16.9 Å². The fraction of sp³-hybridized carbons (Fsp3) is 0.394. The number of nitrogens with zero attached hydrogens (tertiary/aromatic N) is 2. The predicted octanol–water partition coefficient (Wildman–Crippen LogP) is 5.96. The van der Waals surface area contributed by atoms with Gasteiger partial charge in [0, 0.05) is 53.8 Å². The Morgan fingerprint density at radius 3 is 2.66 bits per heavy atom. The molecule has 0 radical (unpaired) electrons. The van der Waals surface area contributed by atoms with Gasteiger partial charge in [-0.2, -0.15) is 0 Å². The highest BCUT2D eigenvalue weighted by atomic mass is 16.6. The number of likely N-dealkylation sites (tertiary alicyclic amines) is 1. The Morgan fingerprint density at radius 1 is 1.12 bits per heavy atom. The maximum absolute atomic E-state index is 13.1. The Bertz CT molecular complexity index is 1410. The maximum atomic E-state index is 13.1. The molecule has 5 rings (SSSR count). The summed E-state index contributed by atoms with van der Waals surface area (Å²) in [6.45, 7) is 7.24. The number of amides is 2. The molecule has 2 heterocycles. The zero-order valence-corrected chi connectivity index (χ0v) is 24.5. The van der Waals surface area contributed by atoms with Crippen LogP contribution in [0.3, 0.4) is 0 Å². The summed E-state index contributed by atoms with van der Waals surface area (Å²) in [5.41, 5.74) is 7.56. The standard InChI is InChI=1S/C33H40N4O4/c1-5-40-33(39)37-16-13-24(14-17-37)34-25-11-12-29-27(21-25)28(32(38)35-29)20-23-19-22(2)31-26(23)9-6-7-10-30(31)41-18-8-15-36(3)4/h6-7,9-12,19-21,24,34H,5,8,13-18H2,1-4H3,(H,35,38). The van der Waals surface area contributed by atoms with Crippen LogP contribution in [0.4, 0.5) is 16.2 Å². The van der Waals surface area contributed by atoms with Crippen molar-refractivity contribution in [1.82, 2.24) is 9.80 Å². The van der Waals surface area contributed by atoms with Crippen molar-refractivity contribution in [2.75, 3.05) is 57.6 Å². The summed E-state index contributed by atoms with van der Waals surface area (Å²) in [5.74, 6) is 0.759. The lowest BCUT2D eigenvalue weighted by molar-refractivity contribution is -0.110. The lowest BCUT2D eigenvalue weighted by Crippen LogP contribution is -2.42. The topological polar surface area (TPSA) is 83.1 Å². The number of anilines is 2. The van der Waals surface area contributed by atoms with Gasteiger partial charge in [0.2, 0.25) is 0 Å². The second-order valence-corrected chi connectivity index (χ2v) is 11.0. The molecule has 0 spiro atoms. The van der Waals surface area contributed by atoms with Gasteiger partial charge in [-0.25, -0.2) is 4.79 Å². The number of carbonyl (C=O) groups is 2. The first kappa shape index (κ1) is 28.5. The minimum absolute atomic E-state index is 0.104. The Hall–Kier alpha value is -4.04. The highest BCUT2D eigenvalue weighted by Gasteiger charge is 2.27. The van der Waals surface area contributed by atoms with Crippen molar-refractivity contribution in [3.63, 3.8) is 0 Å². The van der Waals surface area contributed by atoms with Crippen molar-refractivity contribution in [2.24, 2.45) is 0 Å². The van der Waals surface area contributed by atoms with Crippen LogP contribution in [0.25, 0.3) is 22.8 Å². The van der Waals surface area contributed by atoms with E-state index >= 15 is 0 Å². The molecule has 2 N–H and O–H groups in total. The smallest absolute Gasteiger partial charge is 0.409 e. The largest absolute Gasteiger partial charge is 0.493 e. The predicted molar refractivity (Wildman–Crippen MR) is 165 cm³/mol. The second kappa shape index (κ2) is 12.6. The molecule has 2 aliphatic carbocycles. The van der Waals surface area contributed by atoms with Crippen molar-refractivity contribution < 1.29 is 19.1 Å². The van der Waals surface area contributed by atoms with Gasteiger partial charge in [-0.05, 0) is 94.2 Å². The van der Waals surface area contributed by atoms with E-state index in [1.165, 1.54) is 0 Å². The first-order valence-corrected chi connectivity index (χ1v) is 14.5. The van der Waals surface area contributed by atoms with Gasteiger partial charge in [0.15, 0.2) is 0 Å². The molecule has 1 fully saturated rings. The molecule has 0 saturated carbocycles. The van der Waals surface area contributed by atoms with Crippen LogP contribution in [0.15, 0.2) is 48.5 Å². The molecule has 216 valence electrons. The van der Waals surface area contributed by atoms with Crippen LogP contribution in [0.2, 0.25) is 0 Å². The first-order chi connectivity index (χ1) is 19.8. The summed E-state index contributed by atoms with van der Waals surface area (Å²) < 4.78 is 11.4. The fourth-order valence-electron chi connectivity index (χ4n) is 5.66. The van der Waals surface area contributed by atoms with E-state index in [9.17, 15) is 9.59 Å². The van der Waals surface area contributed by atoms with Gasteiger partial charge in [-0.3, -0.25) is 4.79 Å². The minimum Gasteiger partial charge on any atom is -0.493 e. The fourth-order valence-corrected chi connectivity index (χ4v) is 5.66. The van der Waals surface area contributed by atoms with Gasteiger partial charge in [-0.15, -0.1) is 0 Å². The first-order valence-electron chi connectivity index (χ1n) is 14.5. The van der Waals surface area contributed by atoms with E-state index in [0.717, 1.165) is 70.7 Å². The SMILES string of the molecule is CCOC(=O)N1CCC(Nc2ccc3c(c2)C(=Cc2cc(C)c4c(OCCCN(C)C)ccccc2-4)C(=O)N3)CC1. The summed E-state index contributed by atoms with van der Waals surface area (Å²) in [5, 5.41) is 6.64. The van der Waals surface area contributed by atoms with Crippen LogP contribution in [0.1, 0.15) is 42.9 Å². The number of piperidine rings is 1. The average molecular weight is 557 g/mol. The summed E-state index contributed by atoms with van der Waals surface area (Å²) in [4.78, 5) is 29.1. The lowest BCUT2D eigenvalue weighted by atomic mass is 10.0. The van der Waals surface area contributed by atoms with Crippen molar-refractivity contribution in [1.29, 1.82) is 0 Å². The van der Waals surface area contributed by atoms with E-state index in [-0.39, 0.29) is 18.0 Å². The second-order valence-electron chi connectivity index (χ2n) is 11.0. The normalized spacial score (nSPS) is 16.3. The number of aryl methyl sites for hydroxylation is 1. The number of carbonyl (C=O) groups excluding carboxylic acids is 2. The van der Waals surface area contributed by atoms with Gasteiger partial charge < -0.3 is 29.9 Å². The Kier molecular flexibility index (Phi) is 8.78. The molecule has 0 unspecified atom stereocenters. The van der Waals surface area contributed by atoms with E-state index in [1.807, 2.05) is 49.4 Å². The van der Waals surface area contributed by atoms with Crippen LogP contribution >= 0.6 is 0 Å². The van der Waals surface area contributed by atoms with E-state index in [4.69, 9.17) is 9.47 Å². The number of fused-ring (bicyclic) bond motifs is 2. The average Bonchev–Trinajstić information content (AvgIpc) is 3.32. The number of nitrogens with one attached hydrogen (secondary N) is 2. The van der Waals surface area contributed by atoms with Crippen molar-refractivity contribution in [2.45, 2.75) is 39.2 Å². The number of benzene rings is 1. The van der Waals surface area contributed by atoms with Crippen LogP contribution in [-0.2, 0) is 9.53 Å². The van der Waals surface area contributed by atoms with Crippen LogP contribution in [0, 0.1) is 6.92 Å². The van der Waals surface area contributed by atoms with Gasteiger partial charge >= 0.3 is 6.09 Å². The molecule has 4 aliphatic rings. The molecule has 0 bridgehead atoms. The molecule has 1 saturated heterocycles. The Balaban J connectivity index is 1.34. The molecular weight excluding hydrogens is 516 g/mol. The third-order valence-corrected chi connectivity index (χ3v) is 7.72. The summed E-state index contributed by atoms with van der Waals surface area (Å²) in [7, 11) is 4.13.